The van der Waals surface area contributed by atoms with Crippen LogP contribution >= 0.6 is 0 Å². The number of morpholine rings is 1. The molecule has 0 N–H and O–H groups in total. The van der Waals surface area contributed by atoms with Gasteiger partial charge in [-0.1, -0.05) is 0 Å². The fraction of sp³-hybridized carbons (Fsp3) is 0.367. The lowest BCUT2D eigenvalue weighted by atomic mass is 10.0. The zero-order valence-corrected chi connectivity index (χ0v) is 22.8. The predicted octanol–water partition coefficient (Wildman–Crippen LogP) is 3.45. The lowest BCUT2D eigenvalue weighted by Crippen LogP contribution is -2.46. The number of hydrogen-bond donors (Lipinski definition) is 0. The number of rotatable bonds is 10. The third-order valence-corrected chi connectivity index (χ3v) is 7.20. The zero-order chi connectivity index (χ0) is 27.9. The minimum absolute atomic E-state index is 0.119. The summed E-state index contributed by atoms with van der Waals surface area (Å²) in [6.07, 6.45) is 2.08. The van der Waals surface area contributed by atoms with E-state index in [1.807, 2.05) is 30.3 Å². The summed E-state index contributed by atoms with van der Waals surface area (Å²) < 4.78 is 21.7. The first-order valence-corrected chi connectivity index (χ1v) is 13.4. The van der Waals surface area contributed by atoms with E-state index >= 15 is 0 Å². The van der Waals surface area contributed by atoms with Crippen molar-refractivity contribution in [3.05, 3.63) is 83.8 Å². The van der Waals surface area contributed by atoms with Crippen molar-refractivity contribution in [3.63, 3.8) is 0 Å². The molecule has 0 radical (unpaired) electrons. The van der Waals surface area contributed by atoms with Gasteiger partial charge in [-0.15, -0.1) is 0 Å². The fourth-order valence-corrected chi connectivity index (χ4v) is 4.89. The third-order valence-electron chi connectivity index (χ3n) is 7.20. The Morgan fingerprint density at radius 1 is 0.975 bits per heavy atom. The molecule has 0 unspecified atom stereocenters. The van der Waals surface area contributed by atoms with Crippen LogP contribution in [0.4, 0.5) is 0 Å². The number of nitrogens with zero attached hydrogens (tertiary/aromatic N) is 4. The standard InChI is InChI=1S/C30H34N4O6/c1-37-24-9-5-22(6-10-24)26-20-27(28-4-3-17-40-28)34(31-26)29(35)21-33(14-13-32-15-18-39-19-16-32)30(36)23-7-11-25(38-2)12-8-23/h3-12,17,27H,13-16,18-21H2,1-2H3/t27-/m1/s1. The summed E-state index contributed by atoms with van der Waals surface area (Å²) in [4.78, 5) is 31.3. The summed E-state index contributed by atoms with van der Waals surface area (Å²) in [5, 5.41) is 6.19. The number of carbonyl (C=O) groups excluding carboxylic acids is 2. The van der Waals surface area contributed by atoms with Gasteiger partial charge in [0.25, 0.3) is 11.8 Å². The van der Waals surface area contributed by atoms with Gasteiger partial charge in [0.2, 0.25) is 0 Å². The SMILES string of the molecule is COc1ccc(C(=O)N(CCN2CCOCC2)CC(=O)N2N=C(c3ccc(OC)cc3)C[C@@H]2c2ccco2)cc1. The number of amides is 2. The minimum atomic E-state index is -0.406. The highest BCUT2D eigenvalue weighted by Crippen LogP contribution is 2.33. The Balaban J connectivity index is 1.38. The molecule has 210 valence electrons. The van der Waals surface area contributed by atoms with Crippen LogP contribution in [0.2, 0.25) is 0 Å². The summed E-state index contributed by atoms with van der Waals surface area (Å²) in [7, 11) is 3.20. The molecule has 1 atom stereocenters. The van der Waals surface area contributed by atoms with Gasteiger partial charge in [-0.25, -0.2) is 5.01 Å². The smallest absolute Gasteiger partial charge is 0.262 e. The van der Waals surface area contributed by atoms with Gasteiger partial charge in [0, 0.05) is 38.2 Å². The van der Waals surface area contributed by atoms with Crippen molar-refractivity contribution in [1.29, 1.82) is 0 Å². The Kier molecular flexibility index (Phi) is 8.78. The highest BCUT2D eigenvalue weighted by molar-refractivity contribution is 6.03. The van der Waals surface area contributed by atoms with E-state index in [1.165, 1.54) is 5.01 Å². The molecular formula is C30H34N4O6. The van der Waals surface area contributed by atoms with E-state index in [2.05, 4.69) is 4.90 Å². The molecule has 2 aliphatic heterocycles. The van der Waals surface area contributed by atoms with Crippen molar-refractivity contribution in [3.8, 4) is 11.5 Å². The molecule has 1 aromatic heterocycles. The lowest BCUT2D eigenvalue weighted by molar-refractivity contribution is -0.134. The highest BCUT2D eigenvalue weighted by atomic mass is 16.5. The van der Waals surface area contributed by atoms with Crippen LogP contribution in [-0.2, 0) is 9.53 Å². The van der Waals surface area contributed by atoms with Gasteiger partial charge in [0.05, 0.1) is 39.4 Å². The van der Waals surface area contributed by atoms with Gasteiger partial charge in [0.1, 0.15) is 29.8 Å². The third kappa shape index (κ3) is 6.35. The highest BCUT2D eigenvalue weighted by Gasteiger charge is 2.36. The second-order valence-corrected chi connectivity index (χ2v) is 9.66. The van der Waals surface area contributed by atoms with E-state index in [9.17, 15) is 9.59 Å². The molecule has 3 heterocycles. The Hall–Kier alpha value is -4.15. The topological polar surface area (TPSA) is 97.1 Å². The second-order valence-electron chi connectivity index (χ2n) is 9.66. The molecule has 1 fully saturated rings. The van der Waals surface area contributed by atoms with Gasteiger partial charge in [0.15, 0.2) is 0 Å². The van der Waals surface area contributed by atoms with Gasteiger partial charge < -0.3 is 23.5 Å². The average Bonchev–Trinajstić information content (AvgIpc) is 3.70. The maximum Gasteiger partial charge on any atom is 0.262 e. The average molecular weight is 547 g/mol. The molecule has 10 nitrogen and oxygen atoms in total. The number of ether oxygens (including phenoxy) is 3. The molecule has 3 aromatic rings. The van der Waals surface area contributed by atoms with Crippen LogP contribution in [0, 0.1) is 0 Å². The molecule has 0 aliphatic carbocycles. The molecule has 5 rings (SSSR count). The fourth-order valence-electron chi connectivity index (χ4n) is 4.89. The van der Waals surface area contributed by atoms with E-state index < -0.39 is 6.04 Å². The Labute approximate surface area is 233 Å². The van der Waals surface area contributed by atoms with Crippen LogP contribution in [0.5, 0.6) is 11.5 Å². The molecule has 2 aromatic carbocycles. The molecule has 0 bridgehead atoms. The number of carbonyl (C=O) groups is 2. The summed E-state index contributed by atoms with van der Waals surface area (Å²) in [6, 6.07) is 17.7. The van der Waals surface area contributed by atoms with E-state index in [0.29, 0.717) is 49.8 Å². The molecule has 0 saturated carbocycles. The molecule has 2 amide bonds. The molecule has 10 heteroatoms. The van der Waals surface area contributed by atoms with Crippen molar-refractivity contribution in [2.24, 2.45) is 5.10 Å². The molecule has 0 spiro atoms. The maximum absolute atomic E-state index is 13.8. The molecule has 2 aliphatic rings. The quantitative estimate of drug-likeness (QED) is 0.384. The summed E-state index contributed by atoms with van der Waals surface area (Å²) in [6.45, 7) is 3.82. The van der Waals surface area contributed by atoms with E-state index in [4.69, 9.17) is 23.7 Å². The van der Waals surface area contributed by atoms with Gasteiger partial charge in [-0.05, 0) is 66.2 Å². The van der Waals surface area contributed by atoms with Crippen LogP contribution in [-0.4, -0.2) is 92.5 Å². The maximum atomic E-state index is 13.8. The monoisotopic (exact) mass is 546 g/mol. The normalized spacial score (nSPS) is 17.4. The molecular weight excluding hydrogens is 512 g/mol. The van der Waals surface area contributed by atoms with E-state index in [-0.39, 0.29) is 18.4 Å². The summed E-state index contributed by atoms with van der Waals surface area (Å²) >= 11 is 0. The number of hydrogen-bond acceptors (Lipinski definition) is 8. The Bertz CT molecular complexity index is 1300. The first kappa shape index (κ1) is 27.4. The molecule has 1 saturated heterocycles. The van der Waals surface area contributed by atoms with Gasteiger partial charge in [-0.2, -0.15) is 5.10 Å². The summed E-state index contributed by atoms with van der Waals surface area (Å²) in [5.74, 6) is 1.53. The number of methoxy groups -OCH3 is 2. The van der Waals surface area contributed by atoms with Crippen LogP contribution in [0.15, 0.2) is 76.4 Å². The Morgan fingerprint density at radius 2 is 1.65 bits per heavy atom. The van der Waals surface area contributed by atoms with Crippen molar-refractivity contribution < 1.29 is 28.2 Å². The van der Waals surface area contributed by atoms with Gasteiger partial charge >= 0.3 is 0 Å². The number of hydrazone groups is 1. The van der Waals surface area contributed by atoms with Crippen LogP contribution in [0.25, 0.3) is 0 Å². The number of benzene rings is 2. The van der Waals surface area contributed by atoms with E-state index in [1.54, 1.807) is 55.7 Å². The largest absolute Gasteiger partial charge is 0.497 e. The van der Waals surface area contributed by atoms with Crippen molar-refractivity contribution >= 4 is 17.5 Å². The van der Waals surface area contributed by atoms with Crippen LogP contribution in [0.3, 0.4) is 0 Å². The second kappa shape index (κ2) is 12.8. The van der Waals surface area contributed by atoms with Crippen molar-refractivity contribution in [2.75, 3.05) is 60.2 Å². The first-order valence-electron chi connectivity index (χ1n) is 13.4. The van der Waals surface area contributed by atoms with Crippen LogP contribution in [0.1, 0.15) is 34.1 Å². The summed E-state index contributed by atoms with van der Waals surface area (Å²) in [5.41, 5.74) is 2.15. The minimum Gasteiger partial charge on any atom is -0.497 e. The molecule has 40 heavy (non-hydrogen) atoms. The lowest BCUT2D eigenvalue weighted by Gasteiger charge is -2.31. The van der Waals surface area contributed by atoms with Crippen LogP contribution < -0.4 is 9.47 Å². The van der Waals surface area contributed by atoms with Crippen molar-refractivity contribution in [1.82, 2.24) is 14.8 Å². The van der Waals surface area contributed by atoms with E-state index in [0.717, 1.165) is 30.1 Å². The van der Waals surface area contributed by atoms with Gasteiger partial charge in [-0.3, -0.25) is 14.5 Å². The first-order chi connectivity index (χ1) is 19.6. The predicted molar refractivity (Wildman–Crippen MR) is 149 cm³/mol. The van der Waals surface area contributed by atoms with Crippen molar-refractivity contribution in [2.45, 2.75) is 12.5 Å². The zero-order valence-electron chi connectivity index (χ0n) is 22.8. The number of furan rings is 1. The Morgan fingerprint density at radius 3 is 2.27 bits per heavy atom.